The Bertz CT molecular complexity index is 431. The third kappa shape index (κ3) is 5.01. The zero-order valence-corrected chi connectivity index (χ0v) is 13.0. The standard InChI is InChI=1S/C13H17BrN2O2.ClH/c14-10-2-1-3-12(8-10)18-7-5-13(17)16-6-4-11(15)9-16;/h1-3,8,11H,4-7,9,15H2;1H/t11-;/m1./s1. The second kappa shape index (κ2) is 7.72. The number of hydrogen-bond donors (Lipinski definition) is 1. The first kappa shape index (κ1) is 16.3. The second-order valence-corrected chi connectivity index (χ2v) is 5.36. The van der Waals surface area contributed by atoms with Crippen LogP contribution in [0, 0.1) is 0 Å². The number of rotatable bonds is 4. The number of ether oxygens (including phenoxy) is 1. The highest BCUT2D eigenvalue weighted by Crippen LogP contribution is 2.18. The molecule has 0 radical (unpaired) electrons. The fourth-order valence-electron chi connectivity index (χ4n) is 1.98. The van der Waals surface area contributed by atoms with Crippen LogP contribution in [-0.2, 0) is 4.79 Å². The number of nitrogens with two attached hydrogens (primary N) is 1. The van der Waals surface area contributed by atoms with Crippen LogP contribution < -0.4 is 10.5 Å². The molecule has 1 saturated heterocycles. The quantitative estimate of drug-likeness (QED) is 0.906. The number of benzene rings is 1. The number of hydrogen-bond acceptors (Lipinski definition) is 3. The third-order valence-corrected chi connectivity index (χ3v) is 3.45. The van der Waals surface area contributed by atoms with Crippen molar-refractivity contribution in [3.8, 4) is 5.75 Å². The van der Waals surface area contributed by atoms with Crippen LogP contribution in [0.5, 0.6) is 5.75 Å². The van der Waals surface area contributed by atoms with Gasteiger partial charge in [0, 0.05) is 23.6 Å². The SMILES string of the molecule is Cl.N[C@@H]1CCN(C(=O)CCOc2cccc(Br)c2)C1. The second-order valence-electron chi connectivity index (χ2n) is 4.44. The van der Waals surface area contributed by atoms with Crippen LogP contribution in [0.1, 0.15) is 12.8 Å². The molecule has 1 atom stereocenters. The number of amides is 1. The molecule has 1 heterocycles. The van der Waals surface area contributed by atoms with Gasteiger partial charge in [0.25, 0.3) is 0 Å². The van der Waals surface area contributed by atoms with Crippen LogP contribution in [-0.4, -0.2) is 36.5 Å². The molecule has 4 nitrogen and oxygen atoms in total. The molecule has 1 fully saturated rings. The fraction of sp³-hybridized carbons (Fsp3) is 0.462. The van der Waals surface area contributed by atoms with Gasteiger partial charge >= 0.3 is 0 Å². The van der Waals surface area contributed by atoms with Gasteiger partial charge in [-0.1, -0.05) is 22.0 Å². The number of likely N-dealkylation sites (tertiary alicyclic amines) is 1. The van der Waals surface area contributed by atoms with Crippen molar-refractivity contribution in [2.45, 2.75) is 18.9 Å². The fourth-order valence-corrected chi connectivity index (χ4v) is 2.36. The van der Waals surface area contributed by atoms with Crippen LogP contribution in [0.2, 0.25) is 0 Å². The average molecular weight is 350 g/mol. The third-order valence-electron chi connectivity index (χ3n) is 2.96. The summed E-state index contributed by atoms with van der Waals surface area (Å²) in [5, 5.41) is 0. The summed E-state index contributed by atoms with van der Waals surface area (Å²) in [6, 6.07) is 7.74. The highest BCUT2D eigenvalue weighted by Gasteiger charge is 2.22. The van der Waals surface area contributed by atoms with E-state index in [1.54, 1.807) is 0 Å². The molecule has 0 aromatic heterocycles. The maximum atomic E-state index is 11.8. The zero-order chi connectivity index (χ0) is 13.0. The molecule has 0 unspecified atom stereocenters. The lowest BCUT2D eigenvalue weighted by molar-refractivity contribution is -0.130. The summed E-state index contributed by atoms with van der Waals surface area (Å²) in [5.41, 5.74) is 5.77. The van der Waals surface area contributed by atoms with Crippen molar-refractivity contribution in [2.75, 3.05) is 19.7 Å². The molecule has 2 N–H and O–H groups in total. The van der Waals surface area contributed by atoms with Gasteiger partial charge in [0.15, 0.2) is 0 Å². The molecule has 2 rings (SSSR count). The van der Waals surface area contributed by atoms with Crippen LogP contribution in [0.4, 0.5) is 0 Å². The van der Waals surface area contributed by atoms with Crippen LogP contribution >= 0.6 is 28.3 Å². The molecule has 19 heavy (non-hydrogen) atoms. The summed E-state index contributed by atoms with van der Waals surface area (Å²) in [7, 11) is 0. The zero-order valence-electron chi connectivity index (χ0n) is 10.5. The van der Waals surface area contributed by atoms with Gasteiger partial charge in [-0.15, -0.1) is 12.4 Å². The first-order valence-corrected chi connectivity index (χ1v) is 6.86. The molecule has 1 aromatic rings. The van der Waals surface area contributed by atoms with Gasteiger partial charge in [0.2, 0.25) is 5.91 Å². The minimum absolute atomic E-state index is 0. The molecular weight excluding hydrogens is 332 g/mol. The summed E-state index contributed by atoms with van der Waals surface area (Å²) < 4.78 is 6.50. The summed E-state index contributed by atoms with van der Waals surface area (Å²) in [6.07, 6.45) is 1.30. The first-order valence-electron chi connectivity index (χ1n) is 6.07. The van der Waals surface area contributed by atoms with Gasteiger partial charge in [0.1, 0.15) is 5.75 Å². The number of carbonyl (C=O) groups is 1. The Morgan fingerprint density at radius 2 is 2.32 bits per heavy atom. The van der Waals surface area contributed by atoms with E-state index in [0.29, 0.717) is 19.6 Å². The molecule has 0 saturated carbocycles. The Kier molecular flexibility index (Phi) is 6.62. The van der Waals surface area contributed by atoms with E-state index in [-0.39, 0.29) is 24.4 Å². The van der Waals surface area contributed by atoms with Crippen LogP contribution in [0.25, 0.3) is 0 Å². The van der Waals surface area contributed by atoms with E-state index in [2.05, 4.69) is 15.9 Å². The summed E-state index contributed by atoms with van der Waals surface area (Å²) in [6.45, 7) is 1.85. The van der Waals surface area contributed by atoms with E-state index < -0.39 is 0 Å². The topological polar surface area (TPSA) is 55.6 Å². The Morgan fingerprint density at radius 1 is 1.53 bits per heavy atom. The molecule has 106 valence electrons. The molecular formula is C13H18BrClN2O2. The monoisotopic (exact) mass is 348 g/mol. The Balaban J connectivity index is 0.00000180. The van der Waals surface area contributed by atoms with Gasteiger partial charge in [0.05, 0.1) is 13.0 Å². The maximum absolute atomic E-state index is 11.8. The minimum atomic E-state index is 0. The number of carbonyl (C=O) groups excluding carboxylic acids is 1. The lowest BCUT2D eigenvalue weighted by Crippen LogP contribution is -2.32. The lowest BCUT2D eigenvalue weighted by Gasteiger charge is -2.15. The van der Waals surface area contributed by atoms with E-state index in [9.17, 15) is 4.79 Å². The molecule has 1 amide bonds. The lowest BCUT2D eigenvalue weighted by atomic mass is 10.3. The number of halogens is 2. The average Bonchev–Trinajstić information content (AvgIpc) is 2.76. The summed E-state index contributed by atoms with van der Waals surface area (Å²) >= 11 is 3.37. The van der Waals surface area contributed by atoms with Gasteiger partial charge in [-0.25, -0.2) is 0 Å². The normalized spacial score (nSPS) is 18.0. The van der Waals surface area contributed by atoms with Crippen molar-refractivity contribution >= 4 is 34.2 Å². The minimum Gasteiger partial charge on any atom is -0.493 e. The Labute approximate surface area is 127 Å². The number of nitrogens with zero attached hydrogens (tertiary/aromatic N) is 1. The predicted molar refractivity (Wildman–Crippen MR) is 80.7 cm³/mol. The largest absolute Gasteiger partial charge is 0.493 e. The molecule has 6 heteroatoms. The van der Waals surface area contributed by atoms with E-state index in [0.717, 1.165) is 23.2 Å². The van der Waals surface area contributed by atoms with Crippen molar-refractivity contribution in [3.05, 3.63) is 28.7 Å². The molecule has 0 spiro atoms. The Morgan fingerprint density at radius 3 is 2.95 bits per heavy atom. The van der Waals surface area contributed by atoms with Gasteiger partial charge < -0.3 is 15.4 Å². The molecule has 0 bridgehead atoms. The van der Waals surface area contributed by atoms with E-state index in [1.165, 1.54) is 0 Å². The van der Waals surface area contributed by atoms with E-state index in [4.69, 9.17) is 10.5 Å². The molecule has 0 aliphatic carbocycles. The summed E-state index contributed by atoms with van der Waals surface area (Å²) in [4.78, 5) is 13.6. The molecule has 1 aromatic carbocycles. The van der Waals surface area contributed by atoms with Crippen molar-refractivity contribution in [1.29, 1.82) is 0 Å². The molecule has 1 aliphatic heterocycles. The Hall–Kier alpha value is -0.780. The smallest absolute Gasteiger partial charge is 0.226 e. The predicted octanol–water partition coefficient (Wildman–Crippen LogP) is 2.20. The van der Waals surface area contributed by atoms with Crippen LogP contribution in [0.3, 0.4) is 0 Å². The van der Waals surface area contributed by atoms with E-state index >= 15 is 0 Å². The van der Waals surface area contributed by atoms with Crippen molar-refractivity contribution in [2.24, 2.45) is 5.73 Å². The van der Waals surface area contributed by atoms with Crippen molar-refractivity contribution < 1.29 is 9.53 Å². The van der Waals surface area contributed by atoms with E-state index in [1.807, 2.05) is 29.2 Å². The molecule has 1 aliphatic rings. The maximum Gasteiger partial charge on any atom is 0.226 e. The highest BCUT2D eigenvalue weighted by molar-refractivity contribution is 9.10. The highest BCUT2D eigenvalue weighted by atomic mass is 79.9. The van der Waals surface area contributed by atoms with Crippen molar-refractivity contribution in [3.63, 3.8) is 0 Å². The van der Waals surface area contributed by atoms with Crippen molar-refractivity contribution in [1.82, 2.24) is 4.90 Å². The van der Waals surface area contributed by atoms with Gasteiger partial charge in [-0.2, -0.15) is 0 Å². The first-order chi connectivity index (χ1) is 8.65. The summed E-state index contributed by atoms with van der Waals surface area (Å²) in [5.74, 6) is 0.897. The van der Waals surface area contributed by atoms with Gasteiger partial charge in [-0.05, 0) is 24.6 Å². The van der Waals surface area contributed by atoms with Gasteiger partial charge in [-0.3, -0.25) is 4.79 Å². The van der Waals surface area contributed by atoms with Crippen LogP contribution in [0.15, 0.2) is 28.7 Å².